The number of imidazole rings is 1. The minimum absolute atomic E-state index is 0. The Hall–Kier alpha value is -1.20. The summed E-state index contributed by atoms with van der Waals surface area (Å²) in [6.45, 7) is 22.1. The van der Waals surface area contributed by atoms with E-state index in [0.717, 1.165) is 0 Å². The molecule has 0 N–H and O–H groups in total. The molecular formula is C13H20CoN3O3. The molecule has 0 unspecified atom stereocenters. The van der Waals surface area contributed by atoms with Crippen molar-refractivity contribution < 1.29 is 30.7 Å². The monoisotopic (exact) mass is 325 g/mol. The molecule has 0 saturated carbocycles. The van der Waals surface area contributed by atoms with Gasteiger partial charge in [-0.2, -0.15) is 0 Å². The van der Waals surface area contributed by atoms with Gasteiger partial charge in [-0.15, -0.1) is 4.91 Å². The zero-order chi connectivity index (χ0) is 16.2. The minimum Gasteiger partial charge on any atom is -0.120 e. The van der Waals surface area contributed by atoms with Gasteiger partial charge in [0, 0.05) is 16.8 Å². The first-order chi connectivity index (χ1) is 8.95. The van der Waals surface area contributed by atoms with Crippen molar-refractivity contribution in [3.8, 4) is 0 Å². The average molecular weight is 325 g/mol. The maximum absolute atomic E-state index is 7.50. The molecule has 0 aliphatic rings. The summed E-state index contributed by atoms with van der Waals surface area (Å²) in [5, 5.41) is 0. The van der Waals surface area contributed by atoms with Crippen LogP contribution in [-0.2, 0) is 26.1 Å². The SMILES string of the molecule is Cc1c(C)[n+](C(C)C)[c-]n1C(C)C.[C-]#[O+].[C-]#[O+].[Co].[N]=O. The topological polar surface area (TPSA) is 88.0 Å². The molecule has 6 nitrogen and oxygen atoms in total. The third-order valence-corrected chi connectivity index (χ3v) is 2.49. The van der Waals surface area contributed by atoms with E-state index in [1.54, 1.807) is 0 Å². The number of hydrogen-bond donors (Lipinski definition) is 0. The molecule has 7 heteroatoms. The maximum atomic E-state index is 7.50. The number of nitroso groups, excluding NO2 is 1. The van der Waals surface area contributed by atoms with Crippen LogP contribution >= 0.6 is 0 Å². The molecule has 0 saturated heterocycles. The zero-order valence-electron chi connectivity index (χ0n) is 12.6. The van der Waals surface area contributed by atoms with Gasteiger partial charge in [0.2, 0.25) is 6.33 Å². The normalized spacial score (nSPS) is 8.00. The standard InChI is InChI=1S/C11H20N2.2CO.Co.NO/c1-8(2)12-7-13(9(3)4)11(6)10(12)5;2*1-2;;1-2/h8-9H,1-6H3;;;;. The van der Waals surface area contributed by atoms with Crippen LogP contribution in [0.15, 0.2) is 0 Å². The van der Waals surface area contributed by atoms with E-state index in [4.69, 9.17) is 19.8 Å². The van der Waals surface area contributed by atoms with Gasteiger partial charge in [0.1, 0.15) is 5.59 Å². The Morgan fingerprint density at radius 1 is 1.10 bits per heavy atom. The van der Waals surface area contributed by atoms with Crippen molar-refractivity contribution in [2.24, 2.45) is 0 Å². The number of rotatable bonds is 2. The Labute approximate surface area is 131 Å². The van der Waals surface area contributed by atoms with E-state index < -0.39 is 0 Å². The molecule has 1 aromatic heterocycles. The summed E-state index contributed by atoms with van der Waals surface area (Å²) in [6, 6.07) is 0.998. The molecule has 0 amide bonds. The molecular weight excluding hydrogens is 305 g/mol. The minimum atomic E-state index is 0. The van der Waals surface area contributed by atoms with Crippen LogP contribution in [0.1, 0.15) is 51.2 Å². The van der Waals surface area contributed by atoms with Crippen molar-refractivity contribution in [2.45, 2.75) is 53.6 Å². The van der Waals surface area contributed by atoms with Crippen molar-refractivity contribution >= 4 is 0 Å². The van der Waals surface area contributed by atoms with Gasteiger partial charge in [-0.1, -0.05) is 13.8 Å². The molecule has 2 radical (unpaired) electrons. The maximum Gasteiger partial charge on any atom is 0.120 e. The van der Waals surface area contributed by atoms with E-state index in [0.29, 0.717) is 12.1 Å². The molecule has 0 aliphatic heterocycles. The van der Waals surface area contributed by atoms with Crippen molar-refractivity contribution in [1.29, 1.82) is 0 Å². The van der Waals surface area contributed by atoms with E-state index in [1.165, 1.54) is 11.4 Å². The van der Waals surface area contributed by atoms with Crippen LogP contribution in [0.2, 0.25) is 0 Å². The predicted octanol–water partition coefficient (Wildman–Crippen LogP) is 1.83. The fourth-order valence-corrected chi connectivity index (χ4v) is 1.62. The van der Waals surface area contributed by atoms with E-state index in [2.05, 4.69) is 70.3 Å². The van der Waals surface area contributed by atoms with Crippen molar-refractivity contribution in [3.05, 3.63) is 35.9 Å². The summed E-state index contributed by atoms with van der Waals surface area (Å²) >= 11 is 0. The second kappa shape index (κ2) is 15.9. The van der Waals surface area contributed by atoms with E-state index in [9.17, 15) is 0 Å². The van der Waals surface area contributed by atoms with E-state index >= 15 is 0 Å². The Morgan fingerprint density at radius 2 is 1.45 bits per heavy atom. The molecule has 0 aliphatic carbocycles. The van der Waals surface area contributed by atoms with Crippen molar-refractivity contribution in [3.63, 3.8) is 0 Å². The molecule has 0 spiro atoms. The van der Waals surface area contributed by atoms with Crippen LogP contribution in [0, 0.1) is 38.4 Å². The van der Waals surface area contributed by atoms with Crippen LogP contribution in [0.4, 0.5) is 0 Å². The van der Waals surface area contributed by atoms with Gasteiger partial charge in [-0.05, 0) is 39.1 Å². The van der Waals surface area contributed by atoms with Crippen LogP contribution in [0.3, 0.4) is 0 Å². The van der Waals surface area contributed by atoms with Crippen molar-refractivity contribution in [2.75, 3.05) is 0 Å². The summed E-state index contributed by atoms with van der Waals surface area (Å²) in [5.74, 6) is 0. The largest absolute Gasteiger partial charge is 0.120 e. The van der Waals surface area contributed by atoms with Gasteiger partial charge in [0.25, 0.3) is 0 Å². The van der Waals surface area contributed by atoms with Gasteiger partial charge >= 0.3 is 22.6 Å². The summed E-state index contributed by atoms with van der Waals surface area (Å²) in [4.78, 5) is 7.25. The molecule has 20 heavy (non-hydrogen) atoms. The molecule has 1 heterocycles. The van der Waals surface area contributed by atoms with Gasteiger partial charge in [0.15, 0.2) is 0 Å². The first-order valence-corrected chi connectivity index (χ1v) is 5.56. The summed E-state index contributed by atoms with van der Waals surface area (Å²) < 4.78 is 19.4. The molecule has 1 rings (SSSR count). The Morgan fingerprint density at radius 3 is 1.60 bits per heavy atom. The third-order valence-electron chi connectivity index (χ3n) is 2.49. The number of aromatic nitrogens is 2. The number of hydrogen-bond acceptors (Lipinski definition) is 1. The fraction of sp³-hybridized carbons (Fsp3) is 0.615. The van der Waals surface area contributed by atoms with E-state index in [1.807, 2.05) is 0 Å². The smallest absolute Gasteiger partial charge is 0.120 e. The van der Waals surface area contributed by atoms with Crippen LogP contribution in [0.5, 0.6) is 0 Å². The molecule has 1 aromatic rings. The molecule has 0 aromatic carbocycles. The molecule has 0 fully saturated rings. The fourth-order valence-electron chi connectivity index (χ4n) is 1.62. The Kier molecular flexibility index (Phi) is 21.6. The molecule has 0 atom stereocenters. The first-order valence-electron chi connectivity index (χ1n) is 5.56. The van der Waals surface area contributed by atoms with Gasteiger partial charge in [-0.3, -0.25) is 0 Å². The molecule has 0 bridgehead atoms. The van der Waals surface area contributed by atoms with Crippen molar-refractivity contribution in [1.82, 2.24) is 10.2 Å². The van der Waals surface area contributed by atoms with E-state index in [-0.39, 0.29) is 16.8 Å². The second-order valence-corrected chi connectivity index (χ2v) is 4.20. The third kappa shape index (κ3) is 8.06. The Balaban J connectivity index is -0.000000162. The summed E-state index contributed by atoms with van der Waals surface area (Å²) in [5.41, 5.74) is 8.40. The quantitative estimate of drug-likeness (QED) is 0.463. The summed E-state index contributed by atoms with van der Waals surface area (Å²) in [7, 11) is 0. The van der Waals surface area contributed by atoms with Gasteiger partial charge < -0.3 is 9.13 Å². The van der Waals surface area contributed by atoms with Crippen LogP contribution < -0.4 is 10.2 Å². The Bertz CT molecular complexity index is 364. The molecule has 114 valence electrons. The summed E-state index contributed by atoms with van der Waals surface area (Å²) in [6.07, 6.45) is 3.38. The first kappa shape index (κ1) is 27.2. The van der Waals surface area contributed by atoms with Crippen LogP contribution in [0.25, 0.3) is 0 Å². The van der Waals surface area contributed by atoms with Gasteiger partial charge in [0.05, 0.1) is 12.1 Å². The van der Waals surface area contributed by atoms with Crippen LogP contribution in [-0.4, -0.2) is 4.57 Å². The van der Waals surface area contributed by atoms with Gasteiger partial charge in [-0.25, -0.2) is 0 Å². The zero-order valence-corrected chi connectivity index (χ0v) is 13.6. The second-order valence-electron chi connectivity index (χ2n) is 4.20. The average Bonchev–Trinajstić information content (AvgIpc) is 2.74. The number of nitrogens with zero attached hydrogens (tertiary/aromatic N) is 3. The predicted molar refractivity (Wildman–Crippen MR) is 67.1 cm³/mol.